The van der Waals surface area contributed by atoms with Crippen LogP contribution in [0.15, 0.2) is 17.0 Å². The fourth-order valence-corrected chi connectivity index (χ4v) is 3.96. The predicted octanol–water partition coefficient (Wildman–Crippen LogP) is 1.55. The van der Waals surface area contributed by atoms with Crippen LogP contribution in [0, 0.1) is 18.7 Å². The lowest BCUT2D eigenvalue weighted by Gasteiger charge is -2.27. The van der Waals surface area contributed by atoms with E-state index in [4.69, 9.17) is 5.73 Å². The van der Waals surface area contributed by atoms with Gasteiger partial charge < -0.3 is 10.8 Å². The Balaban J connectivity index is 2.15. The molecule has 2 rings (SSSR count). The standard InChI is InChI=1S/C14H21FN2O3S/c1-9-6-11(16)7-13(14(9)15)21(19,20)17-8-10-4-2-3-5-12(10)18/h6-7,10,12,17-18H,2-5,8,16H2,1H3. The van der Waals surface area contributed by atoms with Crippen LogP contribution in [0.3, 0.4) is 0 Å². The van der Waals surface area contributed by atoms with E-state index in [1.165, 1.54) is 13.0 Å². The zero-order valence-corrected chi connectivity index (χ0v) is 12.8. The number of benzene rings is 1. The molecule has 2 unspecified atom stereocenters. The molecule has 1 aliphatic carbocycles. The lowest BCUT2D eigenvalue weighted by molar-refractivity contribution is 0.0724. The summed E-state index contributed by atoms with van der Waals surface area (Å²) in [6.07, 6.45) is 2.86. The number of sulfonamides is 1. The van der Waals surface area contributed by atoms with Gasteiger partial charge in [0.05, 0.1) is 6.10 Å². The van der Waals surface area contributed by atoms with Crippen LogP contribution in [0.4, 0.5) is 10.1 Å². The SMILES string of the molecule is Cc1cc(N)cc(S(=O)(=O)NCC2CCCCC2O)c1F. The second-order valence-electron chi connectivity index (χ2n) is 5.61. The second kappa shape index (κ2) is 6.29. The van der Waals surface area contributed by atoms with Crippen LogP contribution >= 0.6 is 0 Å². The Kier molecular flexibility index (Phi) is 4.85. The quantitative estimate of drug-likeness (QED) is 0.735. The first-order valence-corrected chi connectivity index (χ1v) is 8.53. The molecule has 1 saturated carbocycles. The molecule has 21 heavy (non-hydrogen) atoms. The molecule has 118 valence electrons. The Bertz CT molecular complexity index is 619. The molecule has 1 aromatic carbocycles. The zero-order valence-electron chi connectivity index (χ0n) is 12.0. The van der Waals surface area contributed by atoms with E-state index < -0.39 is 26.8 Å². The molecule has 0 heterocycles. The van der Waals surface area contributed by atoms with Crippen LogP contribution in [-0.2, 0) is 10.0 Å². The number of hydrogen-bond acceptors (Lipinski definition) is 4. The van der Waals surface area contributed by atoms with E-state index in [-0.39, 0.29) is 23.7 Å². The smallest absolute Gasteiger partial charge is 0.243 e. The van der Waals surface area contributed by atoms with Gasteiger partial charge in [-0.05, 0) is 43.4 Å². The fourth-order valence-electron chi connectivity index (χ4n) is 2.68. The van der Waals surface area contributed by atoms with Gasteiger partial charge in [0.2, 0.25) is 10.0 Å². The maximum absolute atomic E-state index is 14.0. The number of nitrogen functional groups attached to an aromatic ring is 1. The first-order chi connectivity index (χ1) is 9.81. The summed E-state index contributed by atoms with van der Waals surface area (Å²) in [5.74, 6) is -0.917. The summed E-state index contributed by atoms with van der Waals surface area (Å²) in [5, 5.41) is 9.85. The number of aliphatic hydroxyl groups is 1. The summed E-state index contributed by atoms with van der Waals surface area (Å²) in [7, 11) is -3.97. The second-order valence-corrected chi connectivity index (χ2v) is 7.35. The van der Waals surface area contributed by atoms with Crippen molar-refractivity contribution in [3.05, 3.63) is 23.5 Å². The molecule has 4 N–H and O–H groups in total. The molecule has 0 aliphatic heterocycles. The maximum Gasteiger partial charge on any atom is 0.243 e. The van der Waals surface area contributed by atoms with Crippen molar-refractivity contribution in [2.45, 2.75) is 43.6 Å². The van der Waals surface area contributed by atoms with E-state index in [0.29, 0.717) is 6.42 Å². The molecule has 2 atom stereocenters. The first kappa shape index (κ1) is 16.2. The number of nitrogens with two attached hydrogens (primary N) is 1. The van der Waals surface area contributed by atoms with Gasteiger partial charge in [-0.1, -0.05) is 12.8 Å². The molecule has 1 aromatic rings. The van der Waals surface area contributed by atoms with Crippen LogP contribution in [0.5, 0.6) is 0 Å². The summed E-state index contributed by atoms with van der Waals surface area (Å²) in [6.45, 7) is 1.58. The highest BCUT2D eigenvalue weighted by Crippen LogP contribution is 2.25. The van der Waals surface area contributed by atoms with Gasteiger partial charge in [-0.25, -0.2) is 17.5 Å². The summed E-state index contributed by atoms with van der Waals surface area (Å²) >= 11 is 0. The Morgan fingerprint density at radius 2 is 2.05 bits per heavy atom. The third-order valence-corrected chi connectivity index (χ3v) is 5.36. The molecular weight excluding hydrogens is 295 g/mol. The molecule has 7 heteroatoms. The van der Waals surface area contributed by atoms with Crippen molar-refractivity contribution in [2.75, 3.05) is 12.3 Å². The molecule has 0 aromatic heterocycles. The highest BCUT2D eigenvalue weighted by Gasteiger charge is 2.27. The summed E-state index contributed by atoms with van der Waals surface area (Å²) < 4.78 is 40.8. The van der Waals surface area contributed by atoms with Gasteiger partial charge >= 0.3 is 0 Å². The average Bonchev–Trinajstić information content (AvgIpc) is 2.42. The van der Waals surface area contributed by atoms with E-state index in [9.17, 15) is 17.9 Å². The van der Waals surface area contributed by atoms with Gasteiger partial charge in [-0.3, -0.25) is 0 Å². The Morgan fingerprint density at radius 3 is 2.71 bits per heavy atom. The number of rotatable bonds is 4. The van der Waals surface area contributed by atoms with E-state index in [1.54, 1.807) is 0 Å². The Labute approximate surface area is 124 Å². The largest absolute Gasteiger partial charge is 0.399 e. The van der Waals surface area contributed by atoms with Crippen LogP contribution in [0.2, 0.25) is 0 Å². The number of anilines is 1. The normalized spacial score (nSPS) is 23.2. The fraction of sp³-hybridized carbons (Fsp3) is 0.571. The Morgan fingerprint density at radius 1 is 1.38 bits per heavy atom. The van der Waals surface area contributed by atoms with Crippen molar-refractivity contribution in [3.63, 3.8) is 0 Å². The lowest BCUT2D eigenvalue weighted by Crippen LogP contribution is -2.37. The maximum atomic E-state index is 14.0. The van der Waals surface area contributed by atoms with Crippen LogP contribution in [0.25, 0.3) is 0 Å². The highest BCUT2D eigenvalue weighted by molar-refractivity contribution is 7.89. The molecule has 0 spiro atoms. The zero-order chi connectivity index (χ0) is 15.6. The van der Waals surface area contributed by atoms with Crippen molar-refractivity contribution < 1.29 is 17.9 Å². The number of nitrogens with one attached hydrogen (secondary N) is 1. The monoisotopic (exact) mass is 316 g/mol. The number of halogens is 1. The van der Waals surface area contributed by atoms with Crippen LogP contribution < -0.4 is 10.5 Å². The minimum absolute atomic E-state index is 0.108. The predicted molar refractivity (Wildman–Crippen MR) is 78.7 cm³/mol. The molecule has 0 bridgehead atoms. The van der Waals surface area contributed by atoms with Crippen molar-refractivity contribution in [2.24, 2.45) is 5.92 Å². The molecule has 0 amide bonds. The van der Waals surface area contributed by atoms with Crippen LogP contribution in [0.1, 0.15) is 31.2 Å². The van der Waals surface area contributed by atoms with E-state index in [2.05, 4.69) is 4.72 Å². The number of aliphatic hydroxyl groups excluding tert-OH is 1. The molecule has 1 aliphatic rings. The van der Waals surface area contributed by atoms with Gasteiger partial charge in [-0.2, -0.15) is 0 Å². The molecule has 0 saturated heterocycles. The molecule has 0 radical (unpaired) electrons. The average molecular weight is 316 g/mol. The van der Waals surface area contributed by atoms with Gasteiger partial charge in [0, 0.05) is 12.2 Å². The minimum atomic E-state index is -3.97. The summed E-state index contributed by atoms with van der Waals surface area (Å²) in [6, 6.07) is 2.50. The minimum Gasteiger partial charge on any atom is -0.399 e. The van der Waals surface area contributed by atoms with Crippen molar-refractivity contribution in [3.8, 4) is 0 Å². The van der Waals surface area contributed by atoms with Crippen molar-refractivity contribution in [1.29, 1.82) is 0 Å². The van der Waals surface area contributed by atoms with E-state index in [0.717, 1.165) is 25.3 Å². The van der Waals surface area contributed by atoms with E-state index >= 15 is 0 Å². The molecule has 1 fully saturated rings. The lowest BCUT2D eigenvalue weighted by atomic mass is 9.87. The Hall–Kier alpha value is -1.18. The van der Waals surface area contributed by atoms with Gasteiger partial charge in [0.15, 0.2) is 0 Å². The summed E-state index contributed by atoms with van der Waals surface area (Å²) in [4.78, 5) is -0.440. The number of hydrogen-bond donors (Lipinski definition) is 3. The van der Waals surface area contributed by atoms with Crippen LogP contribution in [-0.4, -0.2) is 26.2 Å². The van der Waals surface area contributed by atoms with Gasteiger partial charge in [-0.15, -0.1) is 0 Å². The molecular formula is C14H21FN2O3S. The van der Waals surface area contributed by atoms with Crippen molar-refractivity contribution in [1.82, 2.24) is 4.72 Å². The topological polar surface area (TPSA) is 92.4 Å². The first-order valence-electron chi connectivity index (χ1n) is 7.04. The van der Waals surface area contributed by atoms with Gasteiger partial charge in [0.25, 0.3) is 0 Å². The highest BCUT2D eigenvalue weighted by atomic mass is 32.2. The van der Waals surface area contributed by atoms with E-state index in [1.807, 2.05) is 0 Å². The van der Waals surface area contributed by atoms with Crippen molar-refractivity contribution >= 4 is 15.7 Å². The molecule has 5 nitrogen and oxygen atoms in total. The third kappa shape index (κ3) is 3.72. The number of aryl methyl sites for hydroxylation is 1. The summed E-state index contributed by atoms with van der Waals surface area (Å²) in [5.41, 5.74) is 5.98. The third-order valence-electron chi connectivity index (χ3n) is 3.94. The van der Waals surface area contributed by atoms with Gasteiger partial charge in [0.1, 0.15) is 10.7 Å².